The van der Waals surface area contributed by atoms with Crippen molar-refractivity contribution in [1.29, 1.82) is 0 Å². The zero-order valence-corrected chi connectivity index (χ0v) is 23.0. The highest BCUT2D eigenvalue weighted by atomic mass is 19.1. The van der Waals surface area contributed by atoms with E-state index in [-0.39, 0.29) is 34.3 Å². The molecule has 210 valence electrons. The zero-order valence-electron chi connectivity index (χ0n) is 23.0. The lowest BCUT2D eigenvalue weighted by atomic mass is 9.84. The van der Waals surface area contributed by atoms with Crippen molar-refractivity contribution in [3.8, 4) is 16.8 Å². The van der Waals surface area contributed by atoms with E-state index in [1.807, 2.05) is 0 Å². The first-order chi connectivity index (χ1) is 19.0. The number of carboxylic acids is 1. The third-order valence-corrected chi connectivity index (χ3v) is 7.78. The number of rotatable bonds is 7. The highest BCUT2D eigenvalue weighted by Crippen LogP contribution is 2.52. The maximum Gasteiger partial charge on any atom is 0.339 e. The zero-order chi connectivity index (χ0) is 28.8. The number of nitrogens with two attached hydrogens (primary N) is 2. The number of hydrogen-bond acceptors (Lipinski definition) is 6. The van der Waals surface area contributed by atoms with Crippen molar-refractivity contribution in [2.75, 3.05) is 20.1 Å². The predicted molar refractivity (Wildman–Crippen MR) is 150 cm³/mol. The fourth-order valence-electron chi connectivity index (χ4n) is 5.77. The molecular weight excluding hydrogens is 511 g/mol. The van der Waals surface area contributed by atoms with Crippen molar-refractivity contribution in [3.05, 3.63) is 83.2 Å². The number of allylic oxidation sites excluding steroid dienone is 1. The molecule has 1 saturated carbocycles. The summed E-state index contributed by atoms with van der Waals surface area (Å²) in [5.74, 6) is 3.51. The average molecular weight is 547 g/mol. The maximum absolute atomic E-state index is 15.9. The Kier molecular flexibility index (Phi) is 7.14. The Morgan fingerprint density at radius 2 is 1.95 bits per heavy atom. The second-order valence-electron chi connectivity index (χ2n) is 11.6. The van der Waals surface area contributed by atoms with Crippen LogP contribution >= 0.6 is 0 Å². The molecule has 3 aromatic rings. The first kappa shape index (κ1) is 27.4. The minimum absolute atomic E-state index is 0.00608. The molecule has 40 heavy (non-hydrogen) atoms. The Hall–Kier alpha value is -4.18. The second-order valence-corrected chi connectivity index (χ2v) is 11.6. The van der Waals surface area contributed by atoms with Gasteiger partial charge in [0.05, 0.1) is 23.1 Å². The van der Waals surface area contributed by atoms with Crippen molar-refractivity contribution < 1.29 is 19.1 Å². The maximum atomic E-state index is 15.9. The van der Waals surface area contributed by atoms with E-state index in [9.17, 15) is 14.7 Å². The molecule has 0 spiro atoms. The number of carbonyl (C=O) groups excluding carboxylic acids is 1. The molecule has 1 amide bonds. The monoisotopic (exact) mass is 546 g/mol. The lowest BCUT2D eigenvalue weighted by Gasteiger charge is -2.38. The lowest BCUT2D eigenvalue weighted by Crippen LogP contribution is -2.43. The largest absolute Gasteiger partial charge is 0.478 e. The molecule has 2 aliphatic rings. The van der Waals surface area contributed by atoms with Crippen LogP contribution in [0.5, 0.6) is 0 Å². The van der Waals surface area contributed by atoms with Crippen LogP contribution in [0.3, 0.4) is 0 Å². The molecule has 2 atom stereocenters. The number of piperidine rings is 1. The van der Waals surface area contributed by atoms with Gasteiger partial charge in [0.25, 0.3) is 5.91 Å². The molecule has 1 aliphatic heterocycles. The summed E-state index contributed by atoms with van der Waals surface area (Å²) in [5, 5.41) is 15.6. The molecule has 5 N–H and O–H groups in total. The average Bonchev–Trinajstić information content (AvgIpc) is 3.57. The Bertz CT molecular complexity index is 1490. The van der Waals surface area contributed by atoms with Crippen molar-refractivity contribution in [2.24, 2.45) is 22.9 Å². The third kappa shape index (κ3) is 5.31. The molecule has 1 saturated heterocycles. The smallest absolute Gasteiger partial charge is 0.339 e. The van der Waals surface area contributed by atoms with Crippen molar-refractivity contribution >= 4 is 11.9 Å². The Morgan fingerprint density at radius 1 is 1.20 bits per heavy atom. The number of nitrogens with zero attached hydrogens (tertiary/aromatic N) is 4. The topological polar surface area (TPSA) is 131 Å². The molecule has 10 heteroatoms. The molecule has 5 rings (SSSR count). The molecule has 1 aliphatic carbocycles. The van der Waals surface area contributed by atoms with E-state index in [1.54, 1.807) is 59.2 Å². The highest BCUT2D eigenvalue weighted by molar-refractivity contribution is 5.96. The van der Waals surface area contributed by atoms with Crippen LogP contribution < -0.4 is 11.6 Å². The SMILES string of the molecule is CN(N)/C=C(\N)[C@H]1CC1c1c(C(=O)O)cnn1-c1cccc(-c2cccc(C(=O)N3CCCC(C)(C)C3)c2F)c1. The quantitative estimate of drug-likeness (QED) is 0.297. The standard InChI is InChI=1S/C30H35FN6O3/c1-30(2)11-6-12-36(17-30)28(38)21-10-5-9-20(26(21)31)18-7-4-8-19(13-18)37-27(24(15-34-37)29(39)40)23-14-22(23)25(32)16-35(3)33/h4-5,7-10,13,15-16,22-23H,6,11-12,14,17,32-33H2,1-3H3,(H,39,40)/b25-16-/t22-,23?/m0/s1. The van der Waals surface area contributed by atoms with Gasteiger partial charge in [0, 0.05) is 49.4 Å². The predicted octanol–water partition coefficient (Wildman–Crippen LogP) is 4.35. The van der Waals surface area contributed by atoms with Crippen LogP contribution in [0.25, 0.3) is 16.8 Å². The number of hydrogen-bond donors (Lipinski definition) is 3. The summed E-state index contributed by atoms with van der Waals surface area (Å²) in [6, 6.07) is 11.9. The summed E-state index contributed by atoms with van der Waals surface area (Å²) in [6.07, 6.45) is 5.52. The van der Waals surface area contributed by atoms with E-state index in [2.05, 4.69) is 18.9 Å². The molecule has 0 radical (unpaired) electrons. The van der Waals surface area contributed by atoms with Gasteiger partial charge in [0.2, 0.25) is 0 Å². The highest BCUT2D eigenvalue weighted by Gasteiger charge is 2.45. The molecule has 0 bridgehead atoms. The number of halogens is 1. The fraction of sp³-hybridized carbons (Fsp3) is 0.367. The van der Waals surface area contributed by atoms with Gasteiger partial charge in [-0.25, -0.2) is 19.7 Å². The minimum atomic E-state index is -1.08. The summed E-state index contributed by atoms with van der Waals surface area (Å²) >= 11 is 0. The number of likely N-dealkylation sites (tertiary alicyclic amines) is 1. The van der Waals surface area contributed by atoms with Gasteiger partial charge in [0.1, 0.15) is 11.4 Å². The Balaban J connectivity index is 1.49. The van der Waals surface area contributed by atoms with Gasteiger partial charge in [-0.15, -0.1) is 0 Å². The van der Waals surface area contributed by atoms with Gasteiger partial charge in [-0.1, -0.05) is 38.1 Å². The minimum Gasteiger partial charge on any atom is -0.478 e. The van der Waals surface area contributed by atoms with Gasteiger partial charge in [-0.05, 0) is 48.4 Å². The van der Waals surface area contributed by atoms with Gasteiger partial charge >= 0.3 is 5.97 Å². The van der Waals surface area contributed by atoms with E-state index in [1.165, 1.54) is 17.3 Å². The Labute approximate surface area is 232 Å². The number of amides is 1. The molecule has 1 aromatic heterocycles. The summed E-state index contributed by atoms with van der Waals surface area (Å²) in [4.78, 5) is 27.1. The number of aromatic carboxylic acids is 1. The number of carboxylic acid groups (broad SMARTS) is 1. The van der Waals surface area contributed by atoms with Gasteiger partial charge < -0.3 is 20.7 Å². The first-order valence-electron chi connectivity index (χ1n) is 13.4. The number of benzene rings is 2. The van der Waals surface area contributed by atoms with Gasteiger partial charge in [-0.2, -0.15) is 5.10 Å². The van der Waals surface area contributed by atoms with E-state index in [4.69, 9.17) is 11.6 Å². The van der Waals surface area contributed by atoms with Gasteiger partial charge in [0.15, 0.2) is 0 Å². The van der Waals surface area contributed by atoms with E-state index in [0.717, 1.165) is 12.8 Å². The summed E-state index contributed by atoms with van der Waals surface area (Å²) in [7, 11) is 1.66. The van der Waals surface area contributed by atoms with Crippen LogP contribution in [-0.2, 0) is 0 Å². The van der Waals surface area contributed by atoms with E-state index >= 15 is 4.39 Å². The number of aromatic nitrogens is 2. The third-order valence-electron chi connectivity index (χ3n) is 7.78. The first-order valence-corrected chi connectivity index (χ1v) is 13.4. The molecular formula is C30H35FN6O3. The summed E-state index contributed by atoms with van der Waals surface area (Å²) < 4.78 is 17.5. The molecule has 2 aromatic carbocycles. The Morgan fingerprint density at radius 3 is 2.65 bits per heavy atom. The van der Waals surface area contributed by atoms with Crippen LogP contribution in [0, 0.1) is 17.2 Å². The van der Waals surface area contributed by atoms with Crippen LogP contribution in [0.2, 0.25) is 0 Å². The van der Waals surface area contributed by atoms with Crippen molar-refractivity contribution in [3.63, 3.8) is 0 Å². The van der Waals surface area contributed by atoms with Crippen LogP contribution in [-0.4, -0.2) is 56.8 Å². The second kappa shape index (κ2) is 10.4. The van der Waals surface area contributed by atoms with Crippen molar-refractivity contribution in [1.82, 2.24) is 19.7 Å². The van der Waals surface area contributed by atoms with E-state index < -0.39 is 11.8 Å². The summed E-state index contributed by atoms with van der Waals surface area (Å²) in [6.45, 7) is 5.44. The fourth-order valence-corrected chi connectivity index (χ4v) is 5.77. The molecule has 2 fully saturated rings. The number of carbonyl (C=O) groups is 2. The number of hydrazine groups is 1. The van der Waals surface area contributed by atoms with E-state index in [0.29, 0.717) is 47.7 Å². The summed E-state index contributed by atoms with van der Waals surface area (Å²) in [5.41, 5.74) is 8.85. The van der Waals surface area contributed by atoms with Crippen LogP contribution in [0.15, 0.2) is 60.6 Å². The van der Waals surface area contributed by atoms with Crippen LogP contribution in [0.4, 0.5) is 4.39 Å². The molecule has 2 heterocycles. The van der Waals surface area contributed by atoms with Crippen molar-refractivity contribution in [2.45, 2.75) is 39.0 Å². The van der Waals surface area contributed by atoms with Crippen LogP contribution in [0.1, 0.15) is 65.4 Å². The normalized spacial score (nSPS) is 20.3. The van der Waals surface area contributed by atoms with Gasteiger partial charge in [-0.3, -0.25) is 4.79 Å². The lowest BCUT2D eigenvalue weighted by molar-refractivity contribution is 0.0578. The molecule has 1 unspecified atom stereocenters. The molecule has 9 nitrogen and oxygen atoms in total.